The highest BCUT2D eigenvalue weighted by molar-refractivity contribution is 7.80. The van der Waals surface area contributed by atoms with Crippen LogP contribution in [0.1, 0.15) is 55.5 Å². The maximum atomic E-state index is 14.5. The first-order valence-corrected chi connectivity index (χ1v) is 17.5. The summed E-state index contributed by atoms with van der Waals surface area (Å²) >= 11 is 18.3. The summed E-state index contributed by atoms with van der Waals surface area (Å²) in [5.41, 5.74) is 8.18. The Bertz CT molecular complexity index is 1870. The molecule has 1 aromatic heterocycles. The molecule has 49 heavy (non-hydrogen) atoms. The predicted octanol–water partition coefficient (Wildman–Crippen LogP) is 5.93. The van der Waals surface area contributed by atoms with Crippen LogP contribution in [0.4, 0.5) is 4.39 Å². The van der Waals surface area contributed by atoms with Crippen LogP contribution in [0, 0.1) is 17.8 Å². The Morgan fingerprint density at radius 2 is 1.86 bits per heavy atom. The molecule has 1 radical (unpaired) electrons. The molecule has 1 unspecified atom stereocenters. The molecule has 1 aliphatic rings. The molecule has 0 spiro atoms. The van der Waals surface area contributed by atoms with Crippen LogP contribution in [0.15, 0.2) is 60.7 Å². The molecule has 12 heteroatoms. The fourth-order valence-electron chi connectivity index (χ4n) is 6.39. The number of thiocarbonyl (C=S) groups is 1. The number of halogens is 3. The molecule has 1 heterocycles. The molecule has 4 aromatic rings. The topological polar surface area (TPSA) is 129 Å². The van der Waals surface area contributed by atoms with Gasteiger partial charge in [-0.3, -0.25) is 14.4 Å². The summed E-state index contributed by atoms with van der Waals surface area (Å²) in [7, 11) is 0. The standard InChI is InChI=1S/C37H39Cl2FN5O3S/c1-3-21(2)32(34(41)49)44-36(48)37(16-15-29-26(20-37)25-18-24(38)19-27(39)33(25)43-29)45-35(47)30(14-13-22-9-5-4-6-10-22)42-31(46)17-23-11-7-8-12-28(23)40/h5-12,18-19,21,30,32,43H,3,13-17,20H2,1-2H3,(H2,41,49)(H,42,46)(H,44,48)(H,45,47)/t21-,30-,32?,37+/m0/s1. The highest BCUT2D eigenvalue weighted by Gasteiger charge is 2.46. The second kappa shape index (κ2) is 15.7. The van der Waals surface area contributed by atoms with E-state index in [2.05, 4.69) is 27.0 Å². The molecule has 257 valence electrons. The average Bonchev–Trinajstić information content (AvgIpc) is 3.44. The van der Waals surface area contributed by atoms with Crippen molar-refractivity contribution in [3.8, 4) is 0 Å². The van der Waals surface area contributed by atoms with Gasteiger partial charge in [-0.1, -0.05) is 98.2 Å². The van der Waals surface area contributed by atoms with Crippen molar-refractivity contribution < 1.29 is 18.8 Å². The largest absolute Gasteiger partial charge is 0.392 e. The summed E-state index contributed by atoms with van der Waals surface area (Å²) in [6.45, 7) is 3.92. The number of hydrogen-bond acceptors (Lipinski definition) is 4. The number of nitrogens with two attached hydrogens (primary N) is 1. The molecule has 3 aromatic carbocycles. The van der Waals surface area contributed by atoms with E-state index < -0.39 is 41.2 Å². The second-order valence-corrected chi connectivity index (χ2v) is 14.0. The van der Waals surface area contributed by atoms with E-state index in [9.17, 15) is 18.8 Å². The highest BCUT2D eigenvalue weighted by atomic mass is 35.5. The molecule has 4 atom stereocenters. The van der Waals surface area contributed by atoms with Gasteiger partial charge >= 0.3 is 0 Å². The average molecular weight is 724 g/mol. The smallest absolute Gasteiger partial charge is 0.246 e. The van der Waals surface area contributed by atoms with Crippen LogP contribution >= 0.6 is 35.4 Å². The molecule has 1 aliphatic carbocycles. The van der Waals surface area contributed by atoms with E-state index in [0.29, 0.717) is 34.8 Å². The summed E-state index contributed by atoms with van der Waals surface area (Å²) < 4.78 is 14.4. The number of nitrogens with one attached hydrogen (secondary N) is 4. The maximum absolute atomic E-state index is 14.5. The third kappa shape index (κ3) is 8.43. The molecule has 0 saturated heterocycles. The molecule has 0 saturated carbocycles. The Hall–Kier alpha value is -3.99. The summed E-state index contributed by atoms with van der Waals surface area (Å²) in [6, 6.07) is 18.1. The Labute approximate surface area is 300 Å². The van der Waals surface area contributed by atoms with Crippen LogP contribution in [-0.2, 0) is 40.1 Å². The van der Waals surface area contributed by atoms with Gasteiger partial charge in [0.2, 0.25) is 17.7 Å². The molecular weight excluding hydrogens is 684 g/mol. The number of aromatic nitrogens is 1. The fourth-order valence-corrected chi connectivity index (χ4v) is 7.22. The third-order valence-corrected chi connectivity index (χ3v) is 10.1. The van der Waals surface area contributed by atoms with E-state index in [0.717, 1.165) is 22.2 Å². The highest BCUT2D eigenvalue weighted by Crippen LogP contribution is 2.38. The summed E-state index contributed by atoms with van der Waals surface area (Å²) in [5.74, 6) is -2.09. The maximum Gasteiger partial charge on any atom is 0.246 e. The van der Waals surface area contributed by atoms with Gasteiger partial charge in [-0.05, 0) is 72.6 Å². The van der Waals surface area contributed by atoms with Gasteiger partial charge in [0.1, 0.15) is 17.4 Å². The predicted molar refractivity (Wildman–Crippen MR) is 195 cm³/mol. The lowest BCUT2D eigenvalue weighted by Crippen LogP contribution is -2.66. The number of fused-ring (bicyclic) bond motifs is 3. The summed E-state index contributed by atoms with van der Waals surface area (Å²) in [6.07, 6.45) is 1.90. The molecule has 0 aliphatic heterocycles. The number of benzene rings is 3. The first-order chi connectivity index (χ1) is 23.4. The van der Waals surface area contributed by atoms with Crippen molar-refractivity contribution in [2.45, 2.75) is 76.4 Å². The summed E-state index contributed by atoms with van der Waals surface area (Å²) in [4.78, 5) is 45.6. The van der Waals surface area contributed by atoms with Gasteiger partial charge in [0, 0.05) is 22.5 Å². The quantitative estimate of drug-likeness (QED) is 0.109. The SMILES string of the molecule is CC[C@H](C)C(NC(=O)[C@@]1(NC(=O)[C@H](CCc2cc[c]cc2)NC(=O)Cc2ccccc2F)CCc2[nH]c3c(Cl)cc(Cl)cc3c2C1)C(N)=S. The van der Waals surface area contributed by atoms with E-state index in [4.69, 9.17) is 41.2 Å². The van der Waals surface area contributed by atoms with E-state index >= 15 is 0 Å². The lowest BCUT2D eigenvalue weighted by Gasteiger charge is -2.39. The third-order valence-electron chi connectivity index (χ3n) is 9.37. The Morgan fingerprint density at radius 1 is 1.12 bits per heavy atom. The van der Waals surface area contributed by atoms with Crippen LogP contribution in [0.5, 0.6) is 0 Å². The number of aromatic amines is 1. The van der Waals surface area contributed by atoms with Crippen molar-refractivity contribution >= 4 is 69.0 Å². The molecule has 8 nitrogen and oxygen atoms in total. The van der Waals surface area contributed by atoms with Gasteiger partial charge in [-0.15, -0.1) is 0 Å². The lowest BCUT2D eigenvalue weighted by molar-refractivity contribution is -0.136. The van der Waals surface area contributed by atoms with E-state index in [1.807, 2.05) is 26.0 Å². The van der Waals surface area contributed by atoms with E-state index in [1.165, 1.54) is 12.1 Å². The van der Waals surface area contributed by atoms with Gasteiger partial charge in [-0.2, -0.15) is 0 Å². The van der Waals surface area contributed by atoms with Crippen molar-refractivity contribution in [3.05, 3.63) is 105 Å². The van der Waals surface area contributed by atoms with Crippen molar-refractivity contribution in [1.82, 2.24) is 20.9 Å². The van der Waals surface area contributed by atoms with Gasteiger partial charge in [0.05, 0.1) is 28.0 Å². The van der Waals surface area contributed by atoms with Gasteiger partial charge in [0.25, 0.3) is 0 Å². The normalized spacial score (nSPS) is 17.4. The van der Waals surface area contributed by atoms with E-state index in [1.54, 1.807) is 36.4 Å². The number of aryl methyl sites for hydroxylation is 2. The Morgan fingerprint density at radius 3 is 2.55 bits per heavy atom. The van der Waals surface area contributed by atoms with Crippen LogP contribution in [0.2, 0.25) is 10.0 Å². The zero-order valence-electron chi connectivity index (χ0n) is 27.3. The number of H-pyrrole nitrogens is 1. The van der Waals surface area contributed by atoms with E-state index in [-0.39, 0.29) is 42.2 Å². The molecule has 6 N–H and O–H groups in total. The minimum Gasteiger partial charge on any atom is -0.392 e. The van der Waals surface area contributed by atoms with Crippen LogP contribution < -0.4 is 21.7 Å². The van der Waals surface area contributed by atoms with Crippen LogP contribution in [-0.4, -0.2) is 45.3 Å². The van der Waals surface area contributed by atoms with Crippen molar-refractivity contribution in [3.63, 3.8) is 0 Å². The van der Waals surface area contributed by atoms with Gasteiger partial charge in [-0.25, -0.2) is 4.39 Å². The van der Waals surface area contributed by atoms with Gasteiger partial charge < -0.3 is 26.7 Å². The van der Waals surface area contributed by atoms with Crippen molar-refractivity contribution in [2.24, 2.45) is 11.7 Å². The summed E-state index contributed by atoms with van der Waals surface area (Å²) in [5, 5.41) is 10.5. The first kappa shape index (κ1) is 36.3. The molecule has 5 rings (SSSR count). The number of carbonyl (C=O) groups excluding carboxylic acids is 3. The van der Waals surface area contributed by atoms with Crippen molar-refractivity contribution in [2.75, 3.05) is 0 Å². The Kier molecular flexibility index (Phi) is 11.6. The number of carbonyl (C=O) groups is 3. The number of rotatable bonds is 13. The molecule has 0 fully saturated rings. The first-order valence-electron chi connectivity index (χ1n) is 16.3. The second-order valence-electron chi connectivity index (χ2n) is 12.7. The zero-order chi connectivity index (χ0) is 35.3. The van der Waals surface area contributed by atoms with Gasteiger partial charge in [0.15, 0.2) is 0 Å². The molecule has 3 amide bonds. The Balaban J connectivity index is 1.49. The number of amides is 3. The lowest BCUT2D eigenvalue weighted by atomic mass is 9.78. The monoisotopic (exact) mass is 722 g/mol. The number of hydrogen-bond donors (Lipinski definition) is 5. The minimum absolute atomic E-state index is 0.0624. The van der Waals surface area contributed by atoms with Crippen LogP contribution in [0.25, 0.3) is 10.9 Å². The minimum atomic E-state index is -1.44. The van der Waals surface area contributed by atoms with Crippen molar-refractivity contribution in [1.29, 1.82) is 0 Å². The zero-order valence-corrected chi connectivity index (χ0v) is 29.6. The fraction of sp³-hybridized carbons (Fsp3) is 0.351. The van der Waals surface area contributed by atoms with Crippen LogP contribution in [0.3, 0.4) is 0 Å². The molecular formula is C37H39Cl2FN5O3S. The molecule has 0 bridgehead atoms.